The van der Waals surface area contributed by atoms with E-state index in [2.05, 4.69) is 4.90 Å². The molecule has 1 fully saturated rings. The topological polar surface area (TPSA) is 119 Å². The smallest absolute Gasteiger partial charge is 0.493 e. The monoisotopic (exact) mass is 575 g/mol. The van der Waals surface area contributed by atoms with Gasteiger partial charge in [0, 0.05) is 15.3 Å². The fraction of sp³-hybridized carbons (Fsp3) is 0.630. The third-order valence-electron chi connectivity index (χ3n) is 6.25. The van der Waals surface area contributed by atoms with Gasteiger partial charge in [0.15, 0.2) is 11.5 Å². The average Bonchev–Trinajstić information content (AvgIpc) is 3.28. The molecular formula is C27H46NO10P. The number of allylic oxidation sites excluding steroid dienone is 1. The Morgan fingerprint density at radius 2 is 1.46 bits per heavy atom. The van der Waals surface area contributed by atoms with Crippen LogP contribution >= 0.6 is 7.82 Å². The lowest BCUT2D eigenvalue weighted by Crippen LogP contribution is -2.30. The molecule has 12 heteroatoms. The summed E-state index contributed by atoms with van der Waals surface area (Å²) in [5, 5.41) is 0. The van der Waals surface area contributed by atoms with Crippen LogP contribution in [-0.2, 0) is 37.2 Å². The number of fused-ring (bicyclic) bond motifs is 1. The lowest BCUT2D eigenvalue weighted by atomic mass is 9.89. The van der Waals surface area contributed by atoms with Gasteiger partial charge < -0.3 is 23.5 Å². The second-order valence-electron chi connectivity index (χ2n) is 9.82. The van der Waals surface area contributed by atoms with E-state index in [9.17, 15) is 14.2 Å². The number of phosphoric ester groups is 1. The third-order valence-corrected chi connectivity index (χ3v) is 7.55. The maximum atomic E-state index is 13.1. The maximum absolute atomic E-state index is 13.1. The highest BCUT2D eigenvalue weighted by Crippen LogP contribution is 2.53. The number of likely N-dealkylation sites (tertiary alicyclic amines) is 1. The first-order chi connectivity index (χ1) is 18.5. The van der Waals surface area contributed by atoms with Crippen LogP contribution in [-0.4, -0.2) is 64.3 Å². The van der Waals surface area contributed by atoms with Crippen molar-refractivity contribution in [2.75, 3.05) is 41.4 Å². The number of carbonyl (C=O) groups is 2. The van der Waals surface area contributed by atoms with Gasteiger partial charge in [-0.15, -0.1) is 0 Å². The standard InChI is InChI=1S/C19H32NO8P.C8H10O2.2H2/c1-13(2)18(21)24-11-26-29(23,27-12-25-19(22)14(3)4)28-16-7-6-15-8-9-20(5)17(15)10-16;1-9-7-5-3-4-6-8(7)10-2;;/h10,13-15,17H,6-9,11-12H2,1-5H3;3-6H,1-2H3;2*1H. The van der Waals surface area contributed by atoms with E-state index in [1.807, 2.05) is 37.4 Å². The Labute approximate surface area is 234 Å². The van der Waals surface area contributed by atoms with Crippen molar-refractivity contribution in [3.63, 3.8) is 0 Å². The number of rotatable bonds is 12. The molecule has 2 unspecified atom stereocenters. The molecule has 0 bridgehead atoms. The number of ether oxygens (including phenoxy) is 4. The number of nitrogens with zero attached hydrogens (tertiary/aromatic N) is 1. The number of phosphoric acid groups is 1. The summed E-state index contributed by atoms with van der Waals surface area (Å²) in [7, 11) is 1.12. The lowest BCUT2D eigenvalue weighted by Gasteiger charge is -2.29. The first-order valence-corrected chi connectivity index (χ1v) is 14.5. The van der Waals surface area contributed by atoms with Crippen LogP contribution in [0.3, 0.4) is 0 Å². The molecule has 0 aromatic heterocycles. The van der Waals surface area contributed by atoms with Gasteiger partial charge in [-0.2, -0.15) is 0 Å². The number of esters is 2. The number of para-hydroxylation sites is 2. The normalized spacial score (nSPS) is 18.9. The van der Waals surface area contributed by atoms with Crippen LogP contribution in [0, 0.1) is 17.8 Å². The molecular weight excluding hydrogens is 529 g/mol. The molecule has 39 heavy (non-hydrogen) atoms. The highest BCUT2D eigenvalue weighted by atomic mass is 31.2. The van der Waals surface area contributed by atoms with Crippen molar-refractivity contribution < 1.29 is 49.5 Å². The lowest BCUT2D eigenvalue weighted by molar-refractivity contribution is -0.157. The summed E-state index contributed by atoms with van der Waals surface area (Å²) in [5.74, 6) is 0.854. The van der Waals surface area contributed by atoms with Gasteiger partial charge >= 0.3 is 19.8 Å². The molecule has 11 nitrogen and oxygen atoms in total. The number of methoxy groups -OCH3 is 2. The van der Waals surface area contributed by atoms with Crippen molar-refractivity contribution >= 4 is 19.8 Å². The van der Waals surface area contributed by atoms with Crippen molar-refractivity contribution in [2.45, 2.75) is 53.0 Å². The highest BCUT2D eigenvalue weighted by molar-refractivity contribution is 7.48. The van der Waals surface area contributed by atoms with E-state index in [1.165, 1.54) is 0 Å². The van der Waals surface area contributed by atoms with Crippen LogP contribution < -0.4 is 9.47 Å². The molecule has 1 aromatic rings. The van der Waals surface area contributed by atoms with Crippen LogP contribution in [0.15, 0.2) is 36.1 Å². The van der Waals surface area contributed by atoms with Crippen molar-refractivity contribution in [1.82, 2.24) is 4.90 Å². The molecule has 224 valence electrons. The minimum absolute atomic E-state index is 0. The summed E-state index contributed by atoms with van der Waals surface area (Å²) in [4.78, 5) is 25.4. The molecule has 0 spiro atoms. The van der Waals surface area contributed by atoms with Crippen molar-refractivity contribution in [3.8, 4) is 11.5 Å². The van der Waals surface area contributed by atoms with Crippen LogP contribution in [0.5, 0.6) is 11.5 Å². The zero-order chi connectivity index (χ0) is 29.0. The minimum Gasteiger partial charge on any atom is -0.493 e. The highest BCUT2D eigenvalue weighted by Gasteiger charge is 2.37. The molecule has 2 aliphatic rings. The van der Waals surface area contributed by atoms with Gasteiger partial charge in [0.25, 0.3) is 0 Å². The Morgan fingerprint density at radius 3 is 1.92 bits per heavy atom. The zero-order valence-electron chi connectivity index (χ0n) is 23.9. The second-order valence-corrected chi connectivity index (χ2v) is 11.4. The summed E-state index contributed by atoms with van der Waals surface area (Å²) in [5.41, 5.74) is 0. The summed E-state index contributed by atoms with van der Waals surface area (Å²) in [6.07, 6.45) is 4.56. The van der Waals surface area contributed by atoms with Crippen LogP contribution in [0.25, 0.3) is 0 Å². The molecule has 1 heterocycles. The second kappa shape index (κ2) is 15.9. The number of benzene rings is 1. The first kappa shape index (κ1) is 32.6. The predicted octanol–water partition coefficient (Wildman–Crippen LogP) is 5.65. The molecule has 0 radical (unpaired) electrons. The van der Waals surface area contributed by atoms with Crippen molar-refractivity contribution in [1.29, 1.82) is 0 Å². The third kappa shape index (κ3) is 10.5. The van der Waals surface area contributed by atoms with Gasteiger partial charge in [-0.1, -0.05) is 39.8 Å². The Bertz CT molecular complexity index is 971. The Balaban J connectivity index is 0.00000113. The Morgan fingerprint density at radius 1 is 0.949 bits per heavy atom. The van der Waals surface area contributed by atoms with Gasteiger partial charge in [0.1, 0.15) is 5.76 Å². The number of likely N-dealkylation sites (N-methyl/N-ethyl adjacent to an activating group) is 1. The van der Waals surface area contributed by atoms with Gasteiger partial charge in [-0.05, 0) is 50.6 Å². The SMILES string of the molecule is CC(C)C(=O)OCOP(=O)(OCOC(=O)C(C)C)OC1=CC2C(CC1)CCN2C.COc1ccccc1OC.[HH].[HH]. The van der Waals surface area contributed by atoms with Gasteiger partial charge in [-0.25, -0.2) is 13.6 Å². The molecule has 0 N–H and O–H groups in total. The largest absolute Gasteiger partial charge is 0.535 e. The van der Waals surface area contributed by atoms with Crippen molar-refractivity contribution in [3.05, 3.63) is 36.1 Å². The van der Waals surface area contributed by atoms with E-state index < -0.39 is 33.3 Å². The molecule has 0 amide bonds. The van der Waals surface area contributed by atoms with E-state index in [0.717, 1.165) is 30.9 Å². The van der Waals surface area contributed by atoms with E-state index in [0.29, 0.717) is 18.1 Å². The molecule has 0 saturated carbocycles. The molecule has 1 aliphatic heterocycles. The summed E-state index contributed by atoms with van der Waals surface area (Å²) in [6.45, 7) is 6.49. The predicted molar refractivity (Wildman–Crippen MR) is 148 cm³/mol. The van der Waals surface area contributed by atoms with E-state index in [4.69, 9.17) is 32.5 Å². The molecule has 2 atom stereocenters. The van der Waals surface area contributed by atoms with Crippen molar-refractivity contribution in [2.24, 2.45) is 17.8 Å². The van der Waals surface area contributed by atoms with E-state index in [1.54, 1.807) is 41.9 Å². The summed E-state index contributed by atoms with van der Waals surface area (Å²) >= 11 is 0. The van der Waals surface area contributed by atoms with Crippen LogP contribution in [0.1, 0.15) is 49.8 Å². The van der Waals surface area contributed by atoms with E-state index >= 15 is 0 Å². The summed E-state index contributed by atoms with van der Waals surface area (Å²) in [6, 6.07) is 7.74. The Kier molecular flexibility index (Phi) is 13.3. The van der Waals surface area contributed by atoms with Gasteiger partial charge in [0.2, 0.25) is 13.6 Å². The number of hydrogen-bond acceptors (Lipinski definition) is 11. The summed E-state index contributed by atoms with van der Waals surface area (Å²) < 4.78 is 48.8. The van der Waals surface area contributed by atoms with Crippen LogP contribution in [0.4, 0.5) is 0 Å². The molecule has 3 rings (SSSR count). The van der Waals surface area contributed by atoms with Gasteiger partial charge in [-0.3, -0.25) is 14.5 Å². The maximum Gasteiger partial charge on any atom is 0.535 e. The molecule has 1 aromatic carbocycles. The van der Waals surface area contributed by atoms with Crippen LogP contribution in [0.2, 0.25) is 0 Å². The fourth-order valence-corrected chi connectivity index (χ4v) is 4.94. The number of carbonyl (C=O) groups excluding carboxylic acids is 2. The first-order valence-electron chi connectivity index (χ1n) is 13.0. The quantitative estimate of drug-likeness (QED) is 0.175. The average molecular weight is 576 g/mol. The minimum atomic E-state index is -4.16. The van der Waals surface area contributed by atoms with E-state index in [-0.39, 0.29) is 20.7 Å². The molecule has 1 saturated heterocycles. The zero-order valence-corrected chi connectivity index (χ0v) is 24.8. The fourth-order valence-electron chi connectivity index (χ4n) is 3.96. The van der Waals surface area contributed by atoms with Gasteiger partial charge in [0.05, 0.1) is 26.1 Å². The molecule has 1 aliphatic carbocycles. The Hall–Kier alpha value is -2.59. The number of hydrogen-bond donors (Lipinski definition) is 0.